The summed E-state index contributed by atoms with van der Waals surface area (Å²) in [5, 5.41) is 0. The van der Waals surface area contributed by atoms with Crippen molar-refractivity contribution in [2.45, 2.75) is 48.6 Å². The Hall–Kier alpha value is -7.12. The Balaban J connectivity index is 0.972. The molecule has 16 nitrogen and oxygen atoms in total. The molecule has 5 aromatic rings. The summed E-state index contributed by atoms with van der Waals surface area (Å²) in [5.74, 6) is -2.47. The van der Waals surface area contributed by atoms with Crippen molar-refractivity contribution in [3.05, 3.63) is 166 Å². The van der Waals surface area contributed by atoms with Gasteiger partial charge in [-0.05, 0) is 139 Å². The maximum atomic E-state index is 13.6. The number of hydrogen-bond donors (Lipinski definition) is 0. The Bertz CT molecular complexity index is 2570. The molecule has 0 aromatic heterocycles. The van der Waals surface area contributed by atoms with Crippen LogP contribution in [0.15, 0.2) is 131 Å². The molecule has 0 aliphatic heterocycles. The SMILES string of the molecule is COC(=O)c1ccc(C(=O)OCCSc2ccc(C(=O)C(C)(C)N(C)CCOC(=O)c3ccc(C(=O)OCCN(C)C(C)(C)C(=O)c4ccc(SCCOC(=O)c5ccc(C(=O)OC)cc5)cc4)cc3)cc2)cc1. The number of likely N-dealkylation sites (N-methyl/N-ethyl adjacent to an activating group) is 2. The molecule has 0 radical (unpaired) electrons. The minimum Gasteiger partial charge on any atom is -0.465 e. The van der Waals surface area contributed by atoms with Crippen molar-refractivity contribution in [1.82, 2.24) is 9.80 Å². The summed E-state index contributed by atoms with van der Waals surface area (Å²) < 4.78 is 31.1. The molecule has 0 saturated carbocycles. The Kier molecular flexibility index (Phi) is 21.3. The lowest BCUT2D eigenvalue weighted by atomic mass is 9.91. The van der Waals surface area contributed by atoms with Crippen LogP contribution in [-0.2, 0) is 28.4 Å². The highest BCUT2D eigenvalue weighted by Gasteiger charge is 2.34. The van der Waals surface area contributed by atoms with Crippen molar-refractivity contribution in [3.63, 3.8) is 0 Å². The standard InChI is InChI=1S/C56H60N2O14S2/c1-55(2,47(59)37-21-25-45(26-22-37)73-35-33-71-53(65)43-13-9-39(10-14-43)49(61)67-7)57(5)29-31-69-51(63)41-17-19-42(20-18-41)52(64)70-32-30-58(6)56(3,4)48(60)38-23-27-46(28-24-38)74-36-34-72-54(66)44-15-11-40(12-16-44)50(62)68-8/h9-28H,29-36H2,1-8H3. The summed E-state index contributed by atoms with van der Waals surface area (Å²) in [6, 6.07) is 32.2. The second kappa shape index (κ2) is 27.2. The van der Waals surface area contributed by atoms with Crippen molar-refractivity contribution in [2.24, 2.45) is 0 Å². The molecule has 0 fully saturated rings. The normalized spacial score (nSPS) is 11.4. The number of hydrogen-bond acceptors (Lipinski definition) is 18. The third-order valence-corrected chi connectivity index (χ3v) is 14.1. The number of carbonyl (C=O) groups excluding carboxylic acids is 8. The average molecular weight is 1050 g/mol. The van der Waals surface area contributed by atoms with Gasteiger partial charge in [0.1, 0.15) is 26.4 Å². The number of benzene rings is 5. The van der Waals surface area contributed by atoms with E-state index in [1.807, 2.05) is 24.3 Å². The van der Waals surface area contributed by atoms with Crippen LogP contribution >= 0.6 is 23.5 Å². The van der Waals surface area contributed by atoms with E-state index in [2.05, 4.69) is 9.47 Å². The molecule has 18 heteroatoms. The van der Waals surface area contributed by atoms with Crippen molar-refractivity contribution < 1.29 is 66.8 Å². The van der Waals surface area contributed by atoms with E-state index in [1.54, 1.807) is 75.9 Å². The molecule has 0 N–H and O–H groups in total. The van der Waals surface area contributed by atoms with Gasteiger partial charge in [-0.1, -0.05) is 24.3 Å². The third kappa shape index (κ3) is 15.9. The fraction of sp³-hybridized carbons (Fsp3) is 0.321. The van der Waals surface area contributed by atoms with Crippen LogP contribution in [0.1, 0.15) is 111 Å². The van der Waals surface area contributed by atoms with Gasteiger partial charge >= 0.3 is 35.8 Å². The molecule has 0 aliphatic carbocycles. The summed E-state index contributed by atoms with van der Waals surface area (Å²) in [6.45, 7) is 8.03. The lowest BCUT2D eigenvalue weighted by molar-refractivity contribution is 0.0386. The number of ketones is 2. The van der Waals surface area contributed by atoms with E-state index in [4.69, 9.17) is 18.9 Å². The number of methoxy groups -OCH3 is 2. The van der Waals surface area contributed by atoms with Gasteiger partial charge in [0.2, 0.25) is 0 Å². The zero-order valence-corrected chi connectivity index (χ0v) is 44.3. The number of esters is 6. The van der Waals surface area contributed by atoms with Crippen LogP contribution < -0.4 is 0 Å². The maximum absolute atomic E-state index is 13.6. The van der Waals surface area contributed by atoms with E-state index >= 15 is 0 Å². The number of nitrogens with zero attached hydrogens (tertiary/aromatic N) is 2. The smallest absolute Gasteiger partial charge is 0.338 e. The monoisotopic (exact) mass is 1050 g/mol. The van der Waals surface area contributed by atoms with E-state index < -0.39 is 46.9 Å². The molecule has 0 spiro atoms. The first-order valence-electron chi connectivity index (χ1n) is 23.4. The number of Topliss-reactive ketones (excluding diaryl/α,β-unsaturated/α-hetero) is 2. The van der Waals surface area contributed by atoms with Crippen LogP contribution in [0, 0.1) is 0 Å². The molecule has 0 amide bonds. The lowest BCUT2D eigenvalue weighted by Crippen LogP contribution is -2.49. The van der Waals surface area contributed by atoms with Crippen LogP contribution in [-0.4, -0.2) is 148 Å². The van der Waals surface area contributed by atoms with Gasteiger partial charge in [0.25, 0.3) is 0 Å². The second-order valence-electron chi connectivity index (χ2n) is 17.6. The summed E-state index contributed by atoms with van der Waals surface area (Å²) in [4.78, 5) is 106. The maximum Gasteiger partial charge on any atom is 0.338 e. The minimum absolute atomic E-state index is 0.00599. The number of ether oxygens (including phenoxy) is 6. The molecule has 5 rings (SSSR count). The molecule has 0 bridgehead atoms. The summed E-state index contributed by atoms with van der Waals surface area (Å²) >= 11 is 2.93. The Morgan fingerprint density at radius 2 is 0.595 bits per heavy atom. The summed E-state index contributed by atoms with van der Waals surface area (Å²) in [5.41, 5.74) is 0.906. The van der Waals surface area contributed by atoms with Gasteiger partial charge in [0.15, 0.2) is 11.6 Å². The Morgan fingerprint density at radius 1 is 0.365 bits per heavy atom. The lowest BCUT2D eigenvalue weighted by Gasteiger charge is -2.34. The van der Waals surface area contributed by atoms with E-state index in [0.717, 1.165) is 9.79 Å². The molecule has 390 valence electrons. The highest BCUT2D eigenvalue weighted by atomic mass is 32.2. The zero-order chi connectivity index (χ0) is 54.0. The van der Waals surface area contributed by atoms with Crippen molar-refractivity contribution in [1.29, 1.82) is 0 Å². The van der Waals surface area contributed by atoms with Crippen LogP contribution in [0.2, 0.25) is 0 Å². The topological polar surface area (TPSA) is 198 Å². The predicted octanol–water partition coefficient (Wildman–Crippen LogP) is 8.66. The fourth-order valence-corrected chi connectivity index (χ4v) is 8.41. The molecular formula is C56H60N2O14S2. The van der Waals surface area contributed by atoms with E-state index in [-0.39, 0.29) is 62.2 Å². The van der Waals surface area contributed by atoms with Crippen LogP contribution in [0.4, 0.5) is 0 Å². The minimum atomic E-state index is -0.936. The third-order valence-electron chi connectivity index (χ3n) is 12.2. The first-order chi connectivity index (χ1) is 35.3. The number of rotatable bonds is 26. The molecule has 0 aliphatic rings. The summed E-state index contributed by atoms with van der Waals surface area (Å²) in [6.07, 6.45) is 0. The highest BCUT2D eigenvalue weighted by Crippen LogP contribution is 2.25. The van der Waals surface area contributed by atoms with E-state index in [1.165, 1.54) is 111 Å². The summed E-state index contributed by atoms with van der Waals surface area (Å²) in [7, 11) is 6.11. The quantitative estimate of drug-likeness (QED) is 0.0167. The Labute approximate surface area is 439 Å². The fourth-order valence-electron chi connectivity index (χ4n) is 6.95. The predicted molar refractivity (Wildman–Crippen MR) is 280 cm³/mol. The van der Waals surface area contributed by atoms with Crippen LogP contribution in [0.3, 0.4) is 0 Å². The molecule has 0 unspecified atom stereocenters. The zero-order valence-electron chi connectivity index (χ0n) is 42.6. The Morgan fingerprint density at radius 3 is 0.851 bits per heavy atom. The van der Waals surface area contributed by atoms with Gasteiger partial charge in [-0.3, -0.25) is 19.4 Å². The van der Waals surface area contributed by atoms with E-state index in [9.17, 15) is 38.4 Å². The van der Waals surface area contributed by atoms with Gasteiger partial charge in [0.05, 0.1) is 58.7 Å². The number of carbonyl (C=O) groups is 8. The molecule has 0 atom stereocenters. The van der Waals surface area contributed by atoms with Crippen LogP contribution in [0.25, 0.3) is 0 Å². The van der Waals surface area contributed by atoms with Crippen molar-refractivity contribution in [2.75, 3.05) is 79.3 Å². The second-order valence-corrected chi connectivity index (χ2v) is 20.0. The molecule has 0 heterocycles. The number of thioether (sulfide) groups is 2. The van der Waals surface area contributed by atoms with Gasteiger partial charge in [-0.2, -0.15) is 0 Å². The largest absolute Gasteiger partial charge is 0.465 e. The van der Waals surface area contributed by atoms with Crippen molar-refractivity contribution in [3.8, 4) is 0 Å². The molecule has 5 aromatic carbocycles. The van der Waals surface area contributed by atoms with Gasteiger partial charge in [-0.15, -0.1) is 23.5 Å². The van der Waals surface area contributed by atoms with Crippen LogP contribution in [0.5, 0.6) is 0 Å². The first-order valence-corrected chi connectivity index (χ1v) is 25.4. The van der Waals surface area contributed by atoms with Gasteiger partial charge < -0.3 is 28.4 Å². The highest BCUT2D eigenvalue weighted by molar-refractivity contribution is 7.99. The van der Waals surface area contributed by atoms with Gasteiger partial charge in [-0.25, -0.2) is 28.8 Å². The van der Waals surface area contributed by atoms with Crippen molar-refractivity contribution >= 4 is 70.9 Å². The van der Waals surface area contributed by atoms with Gasteiger partial charge in [0, 0.05) is 45.5 Å². The molecular weight excluding hydrogens is 989 g/mol. The molecule has 0 saturated heterocycles. The average Bonchev–Trinajstić information content (AvgIpc) is 3.42. The first kappa shape index (κ1) is 57.8. The molecule has 74 heavy (non-hydrogen) atoms. The van der Waals surface area contributed by atoms with E-state index in [0.29, 0.717) is 44.9 Å².